The van der Waals surface area contributed by atoms with Crippen molar-refractivity contribution >= 4 is 57.6 Å². The average molecular weight is 1630 g/mol. The van der Waals surface area contributed by atoms with Crippen LogP contribution in [0.1, 0.15) is 89.0 Å². The fourth-order valence-electron chi connectivity index (χ4n) is 15.5. The molecule has 0 aliphatic rings. The van der Waals surface area contributed by atoms with Crippen LogP contribution in [0.15, 0.2) is 485 Å². The molecule has 0 aliphatic heterocycles. The molecule has 0 unspecified atom stereocenters. The summed E-state index contributed by atoms with van der Waals surface area (Å²) in [5.74, 6) is 53.6. The molecular weight excluding hydrogens is 1550 g/mol. The summed E-state index contributed by atoms with van der Waals surface area (Å²) in [7, 11) is -5.94. The van der Waals surface area contributed by atoms with Crippen LogP contribution in [0.3, 0.4) is 0 Å². The van der Waals surface area contributed by atoms with Gasteiger partial charge in [0.15, 0.2) is 16.1 Å². The van der Waals surface area contributed by atoms with E-state index in [2.05, 4.69) is 337 Å². The lowest BCUT2D eigenvalue weighted by Gasteiger charge is -2.35. The highest BCUT2D eigenvalue weighted by atomic mass is 28.3. The highest BCUT2D eigenvalue weighted by molar-refractivity contribution is 7.20. The molecule has 0 N–H and O–H groups in total. The first kappa shape index (κ1) is 81.2. The van der Waals surface area contributed by atoms with Gasteiger partial charge in [0.1, 0.15) is 0 Å². The maximum Gasteiger partial charge on any atom is 0.179 e. The van der Waals surface area contributed by atoms with E-state index in [-0.39, 0.29) is 0 Å². The summed E-state index contributed by atoms with van der Waals surface area (Å²) in [6.45, 7) is 0. The van der Waals surface area contributed by atoms with Crippen molar-refractivity contribution in [2.24, 2.45) is 0 Å². The van der Waals surface area contributed by atoms with Gasteiger partial charge in [-0.15, -0.1) is 0 Å². The van der Waals surface area contributed by atoms with E-state index in [4.69, 9.17) is 0 Å². The first-order valence-corrected chi connectivity index (χ1v) is 46.0. The monoisotopic (exact) mass is 1620 g/mol. The van der Waals surface area contributed by atoms with E-state index in [1.165, 1.54) is 41.5 Å². The van der Waals surface area contributed by atoms with Crippen LogP contribution in [0.25, 0.3) is 22.3 Å². The van der Waals surface area contributed by atoms with Crippen LogP contribution in [-0.4, -0.2) is 16.1 Å². The van der Waals surface area contributed by atoms with E-state index < -0.39 is 16.1 Å². The second-order valence-corrected chi connectivity index (χ2v) is 37.8. The number of benzene rings is 18. The lowest BCUT2D eigenvalue weighted by atomic mass is 10.0. The molecule has 0 atom stereocenters. The summed E-state index contributed by atoms with van der Waals surface area (Å²) >= 11 is 0. The van der Waals surface area contributed by atoms with Gasteiger partial charge < -0.3 is 0 Å². The predicted molar refractivity (Wildman–Crippen MR) is 530 cm³/mol. The van der Waals surface area contributed by atoms with Crippen LogP contribution in [0.5, 0.6) is 0 Å². The van der Waals surface area contributed by atoms with Gasteiger partial charge in [-0.2, -0.15) is 0 Å². The van der Waals surface area contributed by atoms with Crippen LogP contribution < -0.4 is 41.5 Å². The van der Waals surface area contributed by atoms with E-state index in [1.807, 2.05) is 243 Å². The fourth-order valence-corrected chi connectivity index (χ4v) is 24.8. The maximum atomic E-state index is 3.42. The van der Waals surface area contributed by atoms with Crippen LogP contribution >= 0.6 is 0 Å². The Hall–Kier alpha value is -17.1. The third-order valence-corrected chi connectivity index (χ3v) is 31.6. The molecule has 126 heavy (non-hydrogen) atoms. The molecule has 18 aromatic carbocycles. The molecule has 584 valence electrons. The van der Waals surface area contributed by atoms with Crippen LogP contribution in [0.4, 0.5) is 0 Å². The van der Waals surface area contributed by atoms with Gasteiger partial charge in [0.05, 0.1) is 0 Å². The highest BCUT2D eigenvalue weighted by Crippen LogP contribution is 2.25. The van der Waals surface area contributed by atoms with Gasteiger partial charge in [0.25, 0.3) is 0 Å². The Balaban J connectivity index is 0.000000181. The zero-order valence-electron chi connectivity index (χ0n) is 69.2. The van der Waals surface area contributed by atoms with Crippen molar-refractivity contribution < 1.29 is 0 Å². The lowest BCUT2D eigenvalue weighted by molar-refractivity contribution is 1.58. The van der Waals surface area contributed by atoms with Gasteiger partial charge in [0.2, 0.25) is 0 Å². The molecule has 0 bridgehead atoms. The van der Waals surface area contributed by atoms with E-state index in [0.29, 0.717) is 0 Å². The number of hydrogen-bond acceptors (Lipinski definition) is 0. The molecule has 0 nitrogen and oxygen atoms in total. The standard InChI is InChI=1S/C68H44Si.C56H36Si/c1-5-13-53(14-6-1)21-25-57-29-37-61(38-30-57)63-41-49-67(50-42-63)69(65-45-33-59(34-46-65)27-23-55-17-9-3-10-18-55,66-47-35-60(36-48-66)28-24-56-19-11-4-12-20-56)68-51-43-64(44-52-68)62-39-31-58(32-40-62)26-22-54-15-7-2-8-16-54;1-5-13-45(14-6-1)21-25-49-29-37-53(38-30-49)57(54-39-31-50(32-40-54)26-22-46-15-7-2-8-16-46,55-41-33-51(34-42-55)27-23-47-17-9-3-10-18-47)56-43-35-52(36-44-56)28-24-48-19-11-4-12-20-48/h1-20,29-52H;1-20,29-44H. The molecule has 0 saturated heterocycles. The average Bonchev–Trinajstić information content (AvgIpc) is 0.734. The minimum Gasteiger partial charge on any atom is -0.0622 e. The maximum absolute atomic E-state index is 3.42. The molecule has 0 saturated carbocycles. The molecule has 0 heterocycles. The smallest absolute Gasteiger partial charge is 0.0622 e. The molecule has 0 aromatic heterocycles. The Kier molecular flexibility index (Phi) is 26.0. The van der Waals surface area contributed by atoms with E-state index in [1.54, 1.807) is 0 Å². The van der Waals surface area contributed by atoms with Gasteiger partial charge in [-0.3, -0.25) is 0 Å². The van der Waals surface area contributed by atoms with Gasteiger partial charge >= 0.3 is 0 Å². The largest absolute Gasteiger partial charge is 0.179 e. The summed E-state index contributed by atoms with van der Waals surface area (Å²) in [6.07, 6.45) is 0. The molecule has 0 spiro atoms. The topological polar surface area (TPSA) is 0 Å². The fraction of sp³-hybridized carbons (Fsp3) is 0. The first-order valence-electron chi connectivity index (χ1n) is 42.0. The van der Waals surface area contributed by atoms with Crippen molar-refractivity contribution in [2.45, 2.75) is 0 Å². The van der Waals surface area contributed by atoms with Crippen molar-refractivity contribution in [3.8, 4) is 117 Å². The van der Waals surface area contributed by atoms with Crippen molar-refractivity contribution in [3.63, 3.8) is 0 Å². The summed E-state index contributed by atoms with van der Waals surface area (Å²) < 4.78 is 0. The van der Waals surface area contributed by atoms with Gasteiger partial charge in [-0.05, 0) is 258 Å². The zero-order valence-corrected chi connectivity index (χ0v) is 71.2. The van der Waals surface area contributed by atoms with Crippen LogP contribution in [0.2, 0.25) is 0 Å². The number of hydrogen-bond donors (Lipinski definition) is 0. The molecule has 2 heteroatoms. The molecule has 0 fully saturated rings. The second-order valence-electron chi connectivity index (χ2n) is 30.2. The third-order valence-electron chi connectivity index (χ3n) is 22.0. The van der Waals surface area contributed by atoms with E-state index in [0.717, 1.165) is 111 Å². The SMILES string of the molecule is C(#Cc1ccc(-c2ccc([Si](c3ccc(C#Cc4ccccc4)cc3)(c3ccc(C#Cc4ccccc4)cc3)c3ccc(-c4ccc(C#Cc5ccccc5)cc4)cc3)cc2)cc1)c1ccccc1.C(#Cc1ccc([Si](c2ccc(C#Cc3ccccc3)cc2)(c2ccc(C#Cc3ccccc3)cc2)c2ccc(C#Cc3ccccc3)cc2)cc1)c1ccccc1. The summed E-state index contributed by atoms with van der Waals surface area (Å²) in [5, 5.41) is 10.1. The Morgan fingerprint density at radius 1 is 0.0873 bits per heavy atom. The first-order chi connectivity index (χ1) is 62.4. The quantitative estimate of drug-likeness (QED) is 0.0727. The van der Waals surface area contributed by atoms with Crippen LogP contribution in [-0.2, 0) is 0 Å². The number of rotatable bonds is 10. The second kappa shape index (κ2) is 40.3. The molecule has 0 aliphatic carbocycles. The molecule has 0 amide bonds. The highest BCUT2D eigenvalue weighted by Gasteiger charge is 2.43. The van der Waals surface area contributed by atoms with Crippen molar-refractivity contribution in [1.29, 1.82) is 0 Å². The molecule has 0 radical (unpaired) electrons. The Labute approximate surface area is 743 Å². The van der Waals surface area contributed by atoms with E-state index in [9.17, 15) is 0 Å². The van der Waals surface area contributed by atoms with Crippen LogP contribution in [0, 0.1) is 94.7 Å². The Morgan fingerprint density at radius 2 is 0.175 bits per heavy atom. The molecule has 18 rings (SSSR count). The van der Waals surface area contributed by atoms with Gasteiger partial charge in [-0.1, -0.05) is 386 Å². The summed E-state index contributed by atoms with van der Waals surface area (Å²) in [4.78, 5) is 0. The predicted octanol–water partition coefficient (Wildman–Crippen LogP) is 20.7. The summed E-state index contributed by atoms with van der Waals surface area (Å²) in [6, 6.07) is 170. The van der Waals surface area contributed by atoms with Gasteiger partial charge in [-0.25, -0.2) is 0 Å². The summed E-state index contributed by atoms with van der Waals surface area (Å²) in [5.41, 5.74) is 20.3. The van der Waals surface area contributed by atoms with Crippen molar-refractivity contribution in [3.05, 3.63) is 574 Å². The minimum atomic E-state index is -3.00. The van der Waals surface area contributed by atoms with Gasteiger partial charge in [0, 0.05) is 89.0 Å². The van der Waals surface area contributed by atoms with E-state index >= 15 is 0 Å². The Morgan fingerprint density at radius 3 is 0.294 bits per heavy atom. The zero-order chi connectivity index (χ0) is 85.0. The molecular formula is C124H80Si2. The van der Waals surface area contributed by atoms with Crippen molar-refractivity contribution in [2.75, 3.05) is 0 Å². The van der Waals surface area contributed by atoms with Crippen molar-refractivity contribution in [1.82, 2.24) is 0 Å². The third kappa shape index (κ3) is 20.3. The normalized spacial score (nSPS) is 10.3. The lowest BCUT2D eigenvalue weighted by Crippen LogP contribution is -2.74. The molecule has 18 aromatic rings. The Bertz CT molecular complexity index is 6640. The minimum absolute atomic E-state index is 0.968.